The van der Waals surface area contributed by atoms with Crippen molar-refractivity contribution < 1.29 is 4.74 Å². The van der Waals surface area contributed by atoms with Gasteiger partial charge >= 0.3 is 0 Å². The first-order chi connectivity index (χ1) is 14.3. The summed E-state index contributed by atoms with van der Waals surface area (Å²) in [6, 6.07) is 10.6. The van der Waals surface area contributed by atoms with Crippen LogP contribution in [0.25, 0.3) is 11.3 Å². The molecule has 5 rings (SSSR count). The van der Waals surface area contributed by atoms with Crippen LogP contribution in [0.1, 0.15) is 5.56 Å². The number of aliphatic imine (C=N–C) groups is 1. The Balaban J connectivity index is 1.49. The molecule has 2 aliphatic heterocycles. The highest BCUT2D eigenvalue weighted by Gasteiger charge is 2.19. The van der Waals surface area contributed by atoms with Crippen molar-refractivity contribution in [3.63, 3.8) is 0 Å². The van der Waals surface area contributed by atoms with Gasteiger partial charge in [0.2, 0.25) is 0 Å². The molecule has 0 amide bonds. The zero-order valence-electron chi connectivity index (χ0n) is 16.2. The smallest absolute Gasteiger partial charge is 0.188 e. The number of hydrogen-bond donors (Lipinski definition) is 1. The van der Waals surface area contributed by atoms with Gasteiger partial charge in [0, 0.05) is 55.1 Å². The molecule has 148 valence electrons. The lowest BCUT2D eigenvalue weighted by molar-refractivity contribution is 0.122. The van der Waals surface area contributed by atoms with Crippen molar-refractivity contribution in [2.24, 2.45) is 4.99 Å². The lowest BCUT2D eigenvalue weighted by Gasteiger charge is -2.29. The number of nitrogens with one attached hydrogen (secondary N) is 1. The molecule has 29 heavy (non-hydrogen) atoms. The maximum absolute atomic E-state index is 5.45. The first-order valence-electron chi connectivity index (χ1n) is 9.64. The number of ether oxygens (including phenoxy) is 1. The van der Waals surface area contributed by atoms with Crippen LogP contribution in [0.4, 0.5) is 22.3 Å². The molecule has 1 aromatic carbocycles. The van der Waals surface area contributed by atoms with E-state index in [4.69, 9.17) is 9.72 Å². The molecule has 0 radical (unpaired) electrons. The molecule has 2 aliphatic rings. The number of thiazole rings is 1. The summed E-state index contributed by atoms with van der Waals surface area (Å²) in [5.41, 5.74) is 5.22. The maximum atomic E-state index is 5.45. The highest BCUT2D eigenvalue weighted by atomic mass is 32.1. The standard InChI is InChI=1S/C21H22N6OS/c1-26-13-17-19(23-14-26)12-18(24-20(17)25-21-22-6-11-29-21)15-2-4-16(5-3-15)27-7-9-28-10-8-27/h2-6,11-12,14H,7-10,13H2,1H3,(H,22,24,25). The van der Waals surface area contributed by atoms with E-state index in [-0.39, 0.29) is 0 Å². The van der Waals surface area contributed by atoms with Gasteiger partial charge in [-0.15, -0.1) is 11.3 Å². The Morgan fingerprint density at radius 3 is 2.72 bits per heavy atom. The highest BCUT2D eigenvalue weighted by molar-refractivity contribution is 7.13. The fourth-order valence-electron chi connectivity index (χ4n) is 3.58. The number of anilines is 3. The molecule has 0 spiro atoms. The molecule has 2 aromatic heterocycles. The number of morpholine rings is 1. The van der Waals surface area contributed by atoms with Crippen molar-refractivity contribution in [3.05, 3.63) is 47.5 Å². The highest BCUT2D eigenvalue weighted by Crippen LogP contribution is 2.35. The van der Waals surface area contributed by atoms with Crippen molar-refractivity contribution in [1.29, 1.82) is 0 Å². The van der Waals surface area contributed by atoms with Crippen LogP contribution in [-0.4, -0.2) is 54.6 Å². The quantitative estimate of drug-likeness (QED) is 0.709. The molecule has 0 unspecified atom stereocenters. The lowest BCUT2D eigenvalue weighted by atomic mass is 10.1. The third kappa shape index (κ3) is 3.81. The molecule has 0 atom stereocenters. The average Bonchev–Trinajstić information content (AvgIpc) is 3.28. The van der Waals surface area contributed by atoms with Crippen LogP contribution in [0.5, 0.6) is 0 Å². The molecule has 1 N–H and O–H groups in total. The topological polar surface area (TPSA) is 65.9 Å². The molecule has 0 saturated carbocycles. The van der Waals surface area contributed by atoms with Gasteiger partial charge in [0.05, 0.1) is 30.9 Å². The largest absolute Gasteiger partial charge is 0.378 e. The van der Waals surface area contributed by atoms with E-state index in [0.717, 1.165) is 66.3 Å². The molecule has 4 heterocycles. The molecule has 1 fully saturated rings. The van der Waals surface area contributed by atoms with Gasteiger partial charge in [0.1, 0.15) is 5.82 Å². The summed E-state index contributed by atoms with van der Waals surface area (Å²) in [6.45, 7) is 4.19. The number of hydrogen-bond acceptors (Lipinski definition) is 8. The van der Waals surface area contributed by atoms with Crippen LogP contribution in [0, 0.1) is 0 Å². The third-order valence-electron chi connectivity index (χ3n) is 5.10. The Bertz CT molecular complexity index is 1010. The zero-order chi connectivity index (χ0) is 19.6. The predicted molar refractivity (Wildman–Crippen MR) is 118 cm³/mol. The lowest BCUT2D eigenvalue weighted by Crippen LogP contribution is -2.36. The molecule has 3 aromatic rings. The van der Waals surface area contributed by atoms with Crippen molar-refractivity contribution in [2.75, 3.05) is 43.6 Å². The summed E-state index contributed by atoms with van der Waals surface area (Å²) in [5.74, 6) is 0.813. The Morgan fingerprint density at radius 2 is 1.97 bits per heavy atom. The molecule has 1 saturated heterocycles. The van der Waals surface area contributed by atoms with Crippen molar-refractivity contribution in [3.8, 4) is 11.3 Å². The van der Waals surface area contributed by atoms with E-state index in [1.165, 1.54) is 5.69 Å². The van der Waals surface area contributed by atoms with Gasteiger partial charge in [0.15, 0.2) is 5.13 Å². The monoisotopic (exact) mass is 406 g/mol. The number of benzene rings is 1. The van der Waals surface area contributed by atoms with Crippen LogP contribution in [0.3, 0.4) is 0 Å². The Labute approximate surface area is 173 Å². The summed E-state index contributed by atoms with van der Waals surface area (Å²) in [7, 11) is 2.01. The normalized spacial score (nSPS) is 16.0. The fraction of sp³-hybridized carbons (Fsp3) is 0.286. The Morgan fingerprint density at radius 1 is 1.14 bits per heavy atom. The average molecular weight is 407 g/mol. The van der Waals surface area contributed by atoms with Gasteiger partial charge in [-0.1, -0.05) is 12.1 Å². The molecular weight excluding hydrogens is 384 g/mol. The molecule has 0 aliphatic carbocycles. The van der Waals surface area contributed by atoms with Crippen LogP contribution in [-0.2, 0) is 11.3 Å². The van der Waals surface area contributed by atoms with Crippen LogP contribution in [0.2, 0.25) is 0 Å². The van der Waals surface area contributed by atoms with Crippen molar-refractivity contribution in [1.82, 2.24) is 14.9 Å². The van der Waals surface area contributed by atoms with Gasteiger partial charge in [-0.25, -0.2) is 15.0 Å². The summed E-state index contributed by atoms with van der Waals surface area (Å²) in [6.07, 6.45) is 3.65. The minimum Gasteiger partial charge on any atom is -0.378 e. The molecule has 0 bridgehead atoms. The number of nitrogens with zero attached hydrogens (tertiary/aromatic N) is 5. The summed E-state index contributed by atoms with van der Waals surface area (Å²) >= 11 is 1.56. The second-order valence-corrected chi connectivity index (χ2v) is 8.02. The minimum atomic E-state index is 0.760. The second kappa shape index (κ2) is 7.81. The van der Waals surface area contributed by atoms with E-state index < -0.39 is 0 Å². The molecule has 7 nitrogen and oxygen atoms in total. The molecule has 8 heteroatoms. The van der Waals surface area contributed by atoms with Crippen LogP contribution in [0.15, 0.2) is 46.9 Å². The predicted octanol–water partition coefficient (Wildman–Crippen LogP) is 3.89. The number of aromatic nitrogens is 2. The molecular formula is C21H22N6OS. The van der Waals surface area contributed by atoms with Gasteiger partial charge < -0.3 is 19.9 Å². The van der Waals surface area contributed by atoms with Crippen LogP contribution >= 0.6 is 11.3 Å². The SMILES string of the molecule is CN1C=Nc2cc(-c3ccc(N4CCOCC4)cc3)nc(Nc3nccs3)c2C1. The van der Waals surface area contributed by atoms with E-state index in [2.05, 4.69) is 50.5 Å². The van der Waals surface area contributed by atoms with E-state index in [0.29, 0.717) is 0 Å². The first kappa shape index (κ1) is 18.1. The van der Waals surface area contributed by atoms with Gasteiger partial charge in [-0.05, 0) is 18.2 Å². The summed E-state index contributed by atoms with van der Waals surface area (Å²) in [5, 5.41) is 6.16. The summed E-state index contributed by atoms with van der Waals surface area (Å²) < 4.78 is 5.45. The van der Waals surface area contributed by atoms with Crippen molar-refractivity contribution in [2.45, 2.75) is 6.54 Å². The van der Waals surface area contributed by atoms with E-state index in [1.807, 2.05) is 23.7 Å². The van der Waals surface area contributed by atoms with Crippen LogP contribution < -0.4 is 10.2 Å². The van der Waals surface area contributed by atoms with Crippen molar-refractivity contribution >= 4 is 40.0 Å². The first-order valence-corrected chi connectivity index (χ1v) is 10.5. The second-order valence-electron chi connectivity index (χ2n) is 7.12. The Kier molecular flexibility index (Phi) is 4.87. The van der Waals surface area contributed by atoms with Gasteiger partial charge in [0.25, 0.3) is 0 Å². The maximum Gasteiger partial charge on any atom is 0.188 e. The Hall–Kier alpha value is -2.97. The summed E-state index contributed by atoms with van der Waals surface area (Å²) in [4.78, 5) is 18.3. The van der Waals surface area contributed by atoms with E-state index in [9.17, 15) is 0 Å². The third-order valence-corrected chi connectivity index (χ3v) is 5.79. The zero-order valence-corrected chi connectivity index (χ0v) is 17.0. The number of rotatable bonds is 4. The fourth-order valence-corrected chi connectivity index (χ4v) is 4.11. The number of pyridine rings is 1. The number of fused-ring (bicyclic) bond motifs is 1. The van der Waals surface area contributed by atoms with Gasteiger partial charge in [-0.2, -0.15) is 0 Å². The minimum absolute atomic E-state index is 0.760. The van der Waals surface area contributed by atoms with Gasteiger partial charge in [-0.3, -0.25) is 0 Å². The van der Waals surface area contributed by atoms with E-state index in [1.54, 1.807) is 17.5 Å². The van der Waals surface area contributed by atoms with E-state index >= 15 is 0 Å².